The Labute approximate surface area is 135 Å². The molecule has 0 bridgehead atoms. The smallest absolute Gasteiger partial charge is 0.240 e. The van der Waals surface area contributed by atoms with Crippen molar-refractivity contribution >= 4 is 17.7 Å². The molecule has 5 nitrogen and oxygen atoms in total. The first kappa shape index (κ1) is 15.5. The van der Waals surface area contributed by atoms with Gasteiger partial charge in [0, 0.05) is 6.54 Å². The molecule has 3 amide bonds. The first-order valence-electron chi connectivity index (χ1n) is 7.89. The lowest BCUT2D eigenvalue weighted by Gasteiger charge is -2.15. The van der Waals surface area contributed by atoms with Crippen molar-refractivity contribution < 1.29 is 14.4 Å². The summed E-state index contributed by atoms with van der Waals surface area (Å²) in [6.45, 7) is 2.19. The molecule has 1 aliphatic heterocycles. The van der Waals surface area contributed by atoms with Gasteiger partial charge in [-0.1, -0.05) is 36.4 Å². The van der Waals surface area contributed by atoms with Crippen LogP contribution in [0.5, 0.6) is 0 Å². The minimum atomic E-state index is -0.304. The number of carbonyl (C=O) groups excluding carboxylic acids is 3. The average Bonchev–Trinajstić information content (AvgIpc) is 2.80. The van der Waals surface area contributed by atoms with E-state index in [4.69, 9.17) is 0 Å². The highest BCUT2D eigenvalue weighted by molar-refractivity contribution is 6.07. The van der Waals surface area contributed by atoms with Crippen LogP contribution in [0.25, 0.3) is 0 Å². The number of hydrogen-bond acceptors (Lipinski definition) is 3. The number of rotatable bonds is 4. The first-order valence-corrected chi connectivity index (χ1v) is 7.89. The summed E-state index contributed by atoms with van der Waals surface area (Å²) in [5.74, 6) is -1.29. The molecule has 3 rings (SSSR count). The number of fused-ring (bicyclic) bond motifs is 1. The molecule has 0 unspecified atom stereocenters. The maximum absolute atomic E-state index is 12.3. The van der Waals surface area contributed by atoms with Gasteiger partial charge in [0.1, 0.15) is 6.54 Å². The Balaban J connectivity index is 1.59. The van der Waals surface area contributed by atoms with Crippen molar-refractivity contribution in [1.82, 2.24) is 10.2 Å². The highest BCUT2D eigenvalue weighted by atomic mass is 16.2. The summed E-state index contributed by atoms with van der Waals surface area (Å²) < 4.78 is 0. The zero-order valence-corrected chi connectivity index (χ0v) is 13.1. The van der Waals surface area contributed by atoms with Crippen LogP contribution < -0.4 is 5.32 Å². The molecule has 0 aromatic heterocycles. The van der Waals surface area contributed by atoms with Gasteiger partial charge < -0.3 is 5.32 Å². The van der Waals surface area contributed by atoms with E-state index in [1.807, 2.05) is 43.3 Å². The van der Waals surface area contributed by atoms with Crippen LogP contribution in [0.4, 0.5) is 0 Å². The molecule has 120 valence electrons. The molecule has 1 saturated heterocycles. The van der Waals surface area contributed by atoms with Crippen LogP contribution >= 0.6 is 0 Å². The lowest BCUT2D eigenvalue weighted by molar-refractivity contribution is -0.143. The average molecular weight is 312 g/mol. The SMILES string of the molecule is Cc1ccccc1CNC(=O)CN1C(=O)[C@H]2CC=CC[C@@H]2C1=O. The standard InChI is InChI=1S/C18H20N2O3/c1-12-6-2-3-7-13(12)10-19-16(21)11-20-17(22)14-8-4-5-9-15(14)18(20)23/h2-7,14-15H,8-11H2,1H3,(H,19,21)/t14-,15-/m0/s1. The molecule has 1 aromatic carbocycles. The number of nitrogens with one attached hydrogen (secondary N) is 1. The molecule has 1 fully saturated rings. The summed E-state index contributed by atoms with van der Waals surface area (Å²) in [7, 11) is 0. The van der Waals surface area contributed by atoms with Crippen molar-refractivity contribution in [3.8, 4) is 0 Å². The summed E-state index contributed by atoms with van der Waals surface area (Å²) >= 11 is 0. The van der Waals surface area contributed by atoms with Crippen molar-refractivity contribution in [1.29, 1.82) is 0 Å². The molecule has 1 N–H and O–H groups in total. The highest BCUT2D eigenvalue weighted by Gasteiger charge is 2.47. The fourth-order valence-electron chi connectivity index (χ4n) is 3.23. The monoisotopic (exact) mass is 312 g/mol. The van der Waals surface area contributed by atoms with Gasteiger partial charge in [-0.05, 0) is 30.9 Å². The Morgan fingerprint density at radius 3 is 2.35 bits per heavy atom. The summed E-state index contributed by atoms with van der Waals surface area (Å²) in [4.78, 5) is 37.8. The van der Waals surface area contributed by atoms with E-state index in [1.54, 1.807) is 0 Å². The summed E-state index contributed by atoms with van der Waals surface area (Å²) in [6, 6.07) is 7.78. The van der Waals surface area contributed by atoms with E-state index < -0.39 is 0 Å². The predicted octanol–water partition coefficient (Wildman–Crippen LogP) is 1.56. The third-order valence-electron chi connectivity index (χ3n) is 4.64. The number of hydrogen-bond donors (Lipinski definition) is 1. The fourth-order valence-corrected chi connectivity index (χ4v) is 3.23. The number of amides is 3. The number of allylic oxidation sites excluding steroid dienone is 2. The minimum absolute atomic E-state index is 0.184. The largest absolute Gasteiger partial charge is 0.350 e. The van der Waals surface area contributed by atoms with Crippen LogP contribution in [0.3, 0.4) is 0 Å². The number of aryl methyl sites for hydroxylation is 1. The van der Waals surface area contributed by atoms with Crippen molar-refractivity contribution in [2.24, 2.45) is 11.8 Å². The van der Waals surface area contributed by atoms with Gasteiger partial charge in [0.05, 0.1) is 11.8 Å². The topological polar surface area (TPSA) is 66.5 Å². The molecule has 2 aliphatic rings. The lowest BCUT2D eigenvalue weighted by atomic mass is 9.85. The zero-order valence-electron chi connectivity index (χ0n) is 13.1. The van der Waals surface area contributed by atoms with E-state index in [-0.39, 0.29) is 36.1 Å². The summed E-state index contributed by atoms with van der Waals surface area (Å²) in [5.41, 5.74) is 2.12. The number of nitrogens with zero attached hydrogens (tertiary/aromatic N) is 1. The molecule has 23 heavy (non-hydrogen) atoms. The lowest BCUT2D eigenvalue weighted by Crippen LogP contribution is -2.40. The number of imide groups is 1. The quantitative estimate of drug-likeness (QED) is 0.678. The predicted molar refractivity (Wildman–Crippen MR) is 85.1 cm³/mol. The van der Waals surface area contributed by atoms with Crippen LogP contribution in [0.2, 0.25) is 0 Å². The van der Waals surface area contributed by atoms with E-state index in [0.717, 1.165) is 16.0 Å². The Morgan fingerprint density at radius 1 is 1.13 bits per heavy atom. The molecule has 0 spiro atoms. The van der Waals surface area contributed by atoms with E-state index in [1.165, 1.54) is 0 Å². The molecule has 1 heterocycles. The van der Waals surface area contributed by atoms with Gasteiger partial charge in [0.2, 0.25) is 17.7 Å². The van der Waals surface area contributed by atoms with Crippen molar-refractivity contribution in [2.45, 2.75) is 26.3 Å². The second kappa shape index (κ2) is 6.36. The summed E-state index contributed by atoms with van der Waals surface area (Å²) in [5, 5.41) is 2.79. The van der Waals surface area contributed by atoms with Gasteiger partial charge >= 0.3 is 0 Å². The second-order valence-electron chi connectivity index (χ2n) is 6.12. The van der Waals surface area contributed by atoms with Crippen molar-refractivity contribution in [3.05, 3.63) is 47.5 Å². The number of benzene rings is 1. The maximum Gasteiger partial charge on any atom is 0.240 e. The molecular weight excluding hydrogens is 292 g/mol. The molecular formula is C18H20N2O3. The van der Waals surface area contributed by atoms with E-state index in [2.05, 4.69) is 5.32 Å². The normalized spacial score (nSPS) is 23.1. The van der Waals surface area contributed by atoms with Crippen LogP contribution in [-0.4, -0.2) is 29.2 Å². The summed E-state index contributed by atoms with van der Waals surface area (Å²) in [6.07, 6.45) is 5.06. The van der Waals surface area contributed by atoms with E-state index >= 15 is 0 Å². The number of carbonyl (C=O) groups is 3. The van der Waals surface area contributed by atoms with Crippen LogP contribution in [-0.2, 0) is 20.9 Å². The molecule has 5 heteroatoms. The molecule has 0 radical (unpaired) electrons. The Bertz CT molecular complexity index is 655. The maximum atomic E-state index is 12.3. The first-order chi connectivity index (χ1) is 11.1. The van der Waals surface area contributed by atoms with Crippen molar-refractivity contribution in [2.75, 3.05) is 6.54 Å². The van der Waals surface area contributed by atoms with E-state index in [0.29, 0.717) is 19.4 Å². The van der Waals surface area contributed by atoms with Gasteiger partial charge in [-0.25, -0.2) is 0 Å². The van der Waals surface area contributed by atoms with Gasteiger partial charge in [-0.15, -0.1) is 0 Å². The van der Waals surface area contributed by atoms with E-state index in [9.17, 15) is 14.4 Å². The molecule has 1 aromatic rings. The minimum Gasteiger partial charge on any atom is -0.350 e. The number of likely N-dealkylation sites (tertiary alicyclic amines) is 1. The Kier molecular flexibility index (Phi) is 4.28. The van der Waals surface area contributed by atoms with Crippen LogP contribution in [0.1, 0.15) is 24.0 Å². The van der Waals surface area contributed by atoms with Crippen LogP contribution in [0.15, 0.2) is 36.4 Å². The van der Waals surface area contributed by atoms with Gasteiger partial charge in [0.15, 0.2) is 0 Å². The Morgan fingerprint density at radius 2 is 1.74 bits per heavy atom. The third-order valence-corrected chi connectivity index (χ3v) is 4.64. The third kappa shape index (κ3) is 3.04. The molecule has 1 aliphatic carbocycles. The fraction of sp³-hybridized carbons (Fsp3) is 0.389. The Hall–Kier alpha value is -2.43. The second-order valence-corrected chi connectivity index (χ2v) is 6.12. The van der Waals surface area contributed by atoms with Crippen LogP contribution in [0, 0.1) is 18.8 Å². The van der Waals surface area contributed by atoms with Gasteiger partial charge in [-0.2, -0.15) is 0 Å². The zero-order chi connectivity index (χ0) is 16.4. The molecule has 0 saturated carbocycles. The highest BCUT2D eigenvalue weighted by Crippen LogP contribution is 2.34. The molecule has 2 atom stereocenters. The van der Waals surface area contributed by atoms with Crippen molar-refractivity contribution in [3.63, 3.8) is 0 Å². The van der Waals surface area contributed by atoms with Gasteiger partial charge in [-0.3, -0.25) is 19.3 Å². The van der Waals surface area contributed by atoms with Gasteiger partial charge in [0.25, 0.3) is 0 Å².